The van der Waals surface area contributed by atoms with Crippen molar-refractivity contribution in [2.45, 2.75) is 65.5 Å². The molecule has 1 aliphatic rings. The van der Waals surface area contributed by atoms with Crippen LogP contribution in [0.1, 0.15) is 53.9 Å². The smallest absolute Gasteiger partial charge is 0.407 e. The second-order valence-electron chi connectivity index (χ2n) is 6.73. The summed E-state index contributed by atoms with van der Waals surface area (Å²) in [5, 5.41) is 2.88. The highest BCUT2D eigenvalue weighted by Crippen LogP contribution is 2.18. The van der Waals surface area contributed by atoms with Gasteiger partial charge in [-0.1, -0.05) is 13.8 Å². The van der Waals surface area contributed by atoms with Crippen LogP contribution in [0.25, 0.3) is 0 Å². The maximum atomic E-state index is 12.0. The summed E-state index contributed by atoms with van der Waals surface area (Å²) < 4.78 is 5.27. The quantitative estimate of drug-likeness (QED) is 0.866. The van der Waals surface area contributed by atoms with Crippen molar-refractivity contribution in [2.75, 3.05) is 13.1 Å². The van der Waals surface area contributed by atoms with Crippen LogP contribution >= 0.6 is 0 Å². The van der Waals surface area contributed by atoms with E-state index in [1.165, 1.54) is 0 Å². The summed E-state index contributed by atoms with van der Waals surface area (Å²) >= 11 is 0. The topological polar surface area (TPSA) is 58.6 Å². The Morgan fingerprint density at radius 2 is 1.95 bits per heavy atom. The summed E-state index contributed by atoms with van der Waals surface area (Å²) in [5.74, 6) is 0.569. The van der Waals surface area contributed by atoms with Crippen molar-refractivity contribution in [1.29, 1.82) is 0 Å². The fourth-order valence-corrected chi connectivity index (χ4v) is 2.51. The Bertz CT molecular complexity index is 350. The molecule has 0 aromatic rings. The lowest BCUT2D eigenvalue weighted by Crippen LogP contribution is -2.52. The van der Waals surface area contributed by atoms with Gasteiger partial charge in [-0.2, -0.15) is 0 Å². The van der Waals surface area contributed by atoms with Crippen molar-refractivity contribution in [3.05, 3.63) is 0 Å². The minimum atomic E-state index is -0.498. The molecule has 0 spiro atoms. The maximum Gasteiger partial charge on any atom is 0.407 e. The third-order valence-electron chi connectivity index (χ3n) is 3.20. The summed E-state index contributed by atoms with van der Waals surface area (Å²) in [4.78, 5) is 25.6. The molecule has 0 bridgehead atoms. The van der Waals surface area contributed by atoms with Gasteiger partial charge in [0, 0.05) is 19.5 Å². The van der Waals surface area contributed by atoms with E-state index in [1.807, 2.05) is 32.6 Å². The van der Waals surface area contributed by atoms with Crippen LogP contribution in [-0.2, 0) is 9.53 Å². The SMILES string of the molecule is CCCC(=O)N1CC(C)CC(NC(=O)OC(C)(C)C)C1. The summed E-state index contributed by atoms with van der Waals surface area (Å²) in [7, 11) is 0. The number of likely N-dealkylation sites (tertiary alicyclic amines) is 1. The van der Waals surface area contributed by atoms with Crippen LogP contribution in [0.5, 0.6) is 0 Å². The van der Waals surface area contributed by atoms with Crippen LogP contribution in [0, 0.1) is 5.92 Å². The molecule has 1 N–H and O–H groups in total. The van der Waals surface area contributed by atoms with Gasteiger partial charge in [0.1, 0.15) is 5.60 Å². The first kappa shape index (κ1) is 16.8. The van der Waals surface area contributed by atoms with Gasteiger partial charge < -0.3 is 15.0 Å². The van der Waals surface area contributed by atoms with Gasteiger partial charge in [0.2, 0.25) is 5.91 Å². The largest absolute Gasteiger partial charge is 0.444 e. The number of hydrogen-bond donors (Lipinski definition) is 1. The number of hydrogen-bond acceptors (Lipinski definition) is 3. The van der Waals surface area contributed by atoms with Crippen LogP contribution in [0.2, 0.25) is 0 Å². The number of ether oxygens (including phenoxy) is 1. The Labute approximate surface area is 122 Å². The van der Waals surface area contributed by atoms with E-state index in [4.69, 9.17) is 4.74 Å². The van der Waals surface area contributed by atoms with Crippen LogP contribution in [0.15, 0.2) is 0 Å². The molecule has 1 rings (SSSR count). The van der Waals surface area contributed by atoms with E-state index >= 15 is 0 Å². The summed E-state index contributed by atoms with van der Waals surface area (Å²) in [6.07, 6.45) is 1.91. The first-order chi connectivity index (χ1) is 9.21. The van der Waals surface area contributed by atoms with Crippen LogP contribution < -0.4 is 5.32 Å². The lowest BCUT2D eigenvalue weighted by molar-refractivity contribution is -0.133. The first-order valence-electron chi connectivity index (χ1n) is 7.48. The minimum absolute atomic E-state index is 0.0191. The zero-order valence-corrected chi connectivity index (χ0v) is 13.4. The number of carbonyl (C=O) groups excluding carboxylic acids is 2. The zero-order valence-electron chi connectivity index (χ0n) is 13.4. The second-order valence-corrected chi connectivity index (χ2v) is 6.73. The molecule has 2 unspecified atom stereocenters. The molecule has 0 aromatic heterocycles. The standard InChI is InChI=1S/C15H28N2O3/c1-6-7-13(18)17-9-11(2)8-12(10-17)16-14(19)20-15(3,4)5/h11-12H,6-10H2,1-5H3,(H,16,19). The molecular weight excluding hydrogens is 256 g/mol. The molecule has 2 amide bonds. The number of nitrogens with one attached hydrogen (secondary N) is 1. The van der Waals surface area contributed by atoms with Gasteiger partial charge in [-0.15, -0.1) is 0 Å². The Morgan fingerprint density at radius 1 is 1.30 bits per heavy atom. The van der Waals surface area contributed by atoms with Gasteiger partial charge >= 0.3 is 6.09 Å². The normalized spacial score (nSPS) is 23.4. The average Bonchev–Trinajstić information content (AvgIpc) is 2.25. The van der Waals surface area contributed by atoms with E-state index in [0.717, 1.165) is 19.4 Å². The summed E-state index contributed by atoms with van der Waals surface area (Å²) in [6, 6.07) is -0.0191. The number of rotatable bonds is 3. The minimum Gasteiger partial charge on any atom is -0.444 e. The molecule has 1 fully saturated rings. The van der Waals surface area contributed by atoms with E-state index in [1.54, 1.807) is 0 Å². The van der Waals surface area contributed by atoms with Crippen molar-refractivity contribution < 1.29 is 14.3 Å². The number of piperidine rings is 1. The Morgan fingerprint density at radius 3 is 2.50 bits per heavy atom. The van der Waals surface area contributed by atoms with Gasteiger partial charge in [-0.3, -0.25) is 4.79 Å². The number of nitrogens with zero attached hydrogens (tertiary/aromatic N) is 1. The van der Waals surface area contributed by atoms with Gasteiger partial charge in [-0.25, -0.2) is 4.79 Å². The highest BCUT2D eigenvalue weighted by molar-refractivity contribution is 5.76. The maximum absolute atomic E-state index is 12.0. The zero-order chi connectivity index (χ0) is 15.3. The highest BCUT2D eigenvalue weighted by atomic mass is 16.6. The van der Waals surface area contributed by atoms with Crippen molar-refractivity contribution in [1.82, 2.24) is 10.2 Å². The Hall–Kier alpha value is -1.26. The molecule has 0 aromatic carbocycles. The van der Waals surface area contributed by atoms with Crippen molar-refractivity contribution >= 4 is 12.0 Å². The molecule has 0 aliphatic carbocycles. The van der Waals surface area contributed by atoms with E-state index in [-0.39, 0.29) is 11.9 Å². The van der Waals surface area contributed by atoms with E-state index in [2.05, 4.69) is 12.2 Å². The average molecular weight is 284 g/mol. The molecule has 0 saturated carbocycles. The van der Waals surface area contributed by atoms with E-state index in [9.17, 15) is 9.59 Å². The molecule has 5 heteroatoms. The highest BCUT2D eigenvalue weighted by Gasteiger charge is 2.29. The van der Waals surface area contributed by atoms with Crippen LogP contribution in [-0.4, -0.2) is 41.6 Å². The van der Waals surface area contributed by atoms with Crippen molar-refractivity contribution in [3.8, 4) is 0 Å². The molecular formula is C15H28N2O3. The number of alkyl carbamates (subject to hydrolysis) is 1. The van der Waals surface area contributed by atoms with Crippen molar-refractivity contribution in [3.63, 3.8) is 0 Å². The monoisotopic (exact) mass is 284 g/mol. The van der Waals surface area contributed by atoms with Crippen LogP contribution in [0.3, 0.4) is 0 Å². The molecule has 5 nitrogen and oxygen atoms in total. The summed E-state index contributed by atoms with van der Waals surface area (Å²) in [6.45, 7) is 11.0. The third-order valence-corrected chi connectivity index (χ3v) is 3.20. The van der Waals surface area contributed by atoms with Gasteiger partial charge in [-0.05, 0) is 39.5 Å². The molecule has 1 heterocycles. The molecule has 116 valence electrons. The Kier molecular flexibility index (Phi) is 5.84. The van der Waals surface area contributed by atoms with Gasteiger partial charge in [0.05, 0.1) is 6.04 Å². The molecule has 1 saturated heterocycles. The summed E-state index contributed by atoms with van der Waals surface area (Å²) in [5.41, 5.74) is -0.498. The number of amides is 2. The molecule has 2 atom stereocenters. The van der Waals surface area contributed by atoms with Crippen molar-refractivity contribution in [2.24, 2.45) is 5.92 Å². The van der Waals surface area contributed by atoms with E-state index < -0.39 is 11.7 Å². The lowest BCUT2D eigenvalue weighted by Gasteiger charge is -2.37. The second kappa shape index (κ2) is 6.95. The predicted molar refractivity (Wildman–Crippen MR) is 78.4 cm³/mol. The number of carbonyl (C=O) groups is 2. The van der Waals surface area contributed by atoms with Crippen LogP contribution in [0.4, 0.5) is 4.79 Å². The fraction of sp³-hybridized carbons (Fsp3) is 0.867. The van der Waals surface area contributed by atoms with Gasteiger partial charge in [0.15, 0.2) is 0 Å². The molecule has 20 heavy (non-hydrogen) atoms. The fourth-order valence-electron chi connectivity index (χ4n) is 2.51. The third kappa shape index (κ3) is 5.80. The molecule has 1 aliphatic heterocycles. The van der Waals surface area contributed by atoms with E-state index in [0.29, 0.717) is 18.9 Å². The molecule has 0 radical (unpaired) electrons. The lowest BCUT2D eigenvalue weighted by atomic mass is 9.95. The first-order valence-corrected chi connectivity index (χ1v) is 7.48. The Balaban J connectivity index is 2.53. The van der Waals surface area contributed by atoms with Gasteiger partial charge in [0.25, 0.3) is 0 Å². The predicted octanol–water partition coefficient (Wildman–Crippen LogP) is 2.55.